The predicted molar refractivity (Wildman–Crippen MR) is 217 cm³/mol. The van der Waals surface area contributed by atoms with Crippen molar-refractivity contribution in [3.63, 3.8) is 0 Å². The summed E-state index contributed by atoms with van der Waals surface area (Å²) in [5.41, 5.74) is 0.642. The molecule has 2 aromatic rings. The summed E-state index contributed by atoms with van der Waals surface area (Å²) in [5.74, 6) is -6.57. The number of halogens is 3. The number of hydrogen-bond acceptors (Lipinski definition) is 10. The largest absolute Gasteiger partial charge is 0.451 e. The lowest BCUT2D eigenvalue weighted by atomic mass is 9.97. The second kappa shape index (κ2) is 21.8. The molecule has 1 aromatic heterocycles. The van der Waals surface area contributed by atoms with Gasteiger partial charge in [-0.05, 0) is 60.4 Å². The molecule has 60 heavy (non-hydrogen) atoms. The third kappa shape index (κ3) is 13.6. The molecule has 0 spiro atoms. The Morgan fingerprint density at radius 1 is 0.833 bits per heavy atom. The number of amides is 6. The zero-order chi connectivity index (χ0) is 45.1. The van der Waals surface area contributed by atoms with Crippen molar-refractivity contribution in [2.45, 2.75) is 122 Å². The number of rotatable bonds is 10. The lowest BCUT2D eigenvalue weighted by Crippen LogP contribution is -2.60. The van der Waals surface area contributed by atoms with Gasteiger partial charge in [-0.15, -0.1) is 11.3 Å². The fourth-order valence-electron chi connectivity index (χ4n) is 6.73. The highest BCUT2D eigenvalue weighted by molar-refractivity contribution is 7.17. The van der Waals surface area contributed by atoms with Crippen LogP contribution < -0.4 is 16.0 Å². The number of alkyl halides is 3. The van der Waals surface area contributed by atoms with Crippen LogP contribution in [0.4, 0.5) is 13.2 Å². The molecule has 0 unspecified atom stereocenters. The van der Waals surface area contributed by atoms with Gasteiger partial charge in [0.25, 0.3) is 5.91 Å². The van der Waals surface area contributed by atoms with E-state index in [4.69, 9.17) is 4.74 Å². The summed E-state index contributed by atoms with van der Waals surface area (Å²) in [6, 6.07) is 2.01. The highest BCUT2D eigenvalue weighted by Crippen LogP contribution is 2.28. The maximum Gasteiger partial charge on any atom is 0.389 e. The third-order valence-electron chi connectivity index (χ3n) is 10.4. The summed E-state index contributed by atoms with van der Waals surface area (Å²) >= 11 is 1.38. The number of thiophene rings is 1. The predicted octanol–water partition coefficient (Wildman–Crippen LogP) is 3.69. The molecule has 0 saturated carbocycles. The number of hydrogen-bond donors (Lipinski definition) is 3. The van der Waals surface area contributed by atoms with Crippen LogP contribution in [0, 0.1) is 23.2 Å². The number of carbonyl (C=O) groups excluding carboxylic acids is 7. The summed E-state index contributed by atoms with van der Waals surface area (Å²) in [6.07, 6.45) is -9.21. The fraction of sp³-hybridized carbons (Fsp3) is 0.610. The molecule has 330 valence electrons. The highest BCUT2D eigenvalue weighted by atomic mass is 32.1. The Balaban J connectivity index is 2.21. The van der Waals surface area contributed by atoms with E-state index < -0.39 is 103 Å². The number of esters is 1. The molecule has 3 rings (SSSR count). The molecule has 2 heterocycles. The second-order valence-corrected chi connectivity index (χ2v) is 16.9. The maximum atomic E-state index is 14.6. The minimum Gasteiger partial charge on any atom is -0.451 e. The van der Waals surface area contributed by atoms with Gasteiger partial charge in [0.05, 0.1) is 12.6 Å². The van der Waals surface area contributed by atoms with E-state index in [-0.39, 0.29) is 43.9 Å². The molecule has 6 atom stereocenters. The first kappa shape index (κ1) is 49.1. The Kier molecular flexibility index (Phi) is 17.9. The molecule has 0 radical (unpaired) electrons. The van der Waals surface area contributed by atoms with Crippen LogP contribution in [0.25, 0.3) is 10.1 Å². The number of nitriles is 1. The average Bonchev–Trinajstić information content (AvgIpc) is 3.60. The molecule has 1 aliphatic heterocycles. The molecule has 19 heteroatoms. The van der Waals surface area contributed by atoms with E-state index in [0.717, 1.165) is 31.8 Å². The molecular formula is C41H56F3N7O8S. The Labute approximate surface area is 352 Å². The molecule has 0 bridgehead atoms. The SMILES string of the molecule is CC(C)C[C@@H]1NC(=O)[C@H](CC(C)C)N(C)C(=O)CNC(=O)[C@@H](CCC#N)OC(=O)[C@H](C)N(C)C(=O)[C@H](CCC(F)(F)F)NC(=O)[C@H](Cc2csc3ccccc23)N(C)C1=O. The lowest BCUT2D eigenvalue weighted by Gasteiger charge is -2.35. The number of nitrogens with zero attached hydrogens (tertiary/aromatic N) is 4. The summed E-state index contributed by atoms with van der Waals surface area (Å²) in [6.45, 7) is 7.86. The van der Waals surface area contributed by atoms with Crippen LogP contribution >= 0.6 is 11.3 Å². The smallest absolute Gasteiger partial charge is 0.389 e. The minimum absolute atomic E-state index is 0.0975. The van der Waals surface area contributed by atoms with Gasteiger partial charge in [-0.2, -0.15) is 18.4 Å². The minimum atomic E-state index is -4.75. The summed E-state index contributed by atoms with van der Waals surface area (Å²) in [7, 11) is 3.82. The Morgan fingerprint density at radius 2 is 1.43 bits per heavy atom. The van der Waals surface area contributed by atoms with Gasteiger partial charge in [-0.25, -0.2) is 4.79 Å². The van der Waals surface area contributed by atoms with Crippen LogP contribution in [0.3, 0.4) is 0 Å². The number of nitrogens with one attached hydrogen (secondary N) is 3. The van der Waals surface area contributed by atoms with Gasteiger partial charge in [0.1, 0.15) is 30.2 Å². The zero-order valence-electron chi connectivity index (χ0n) is 35.3. The Hall–Kier alpha value is -5.25. The second-order valence-electron chi connectivity index (χ2n) is 15.9. The first-order chi connectivity index (χ1) is 28.1. The number of cyclic esters (lactones) is 1. The van der Waals surface area contributed by atoms with Crippen molar-refractivity contribution in [3.8, 4) is 6.07 Å². The first-order valence-corrected chi connectivity index (χ1v) is 20.7. The molecule has 1 aromatic carbocycles. The molecule has 6 amide bonds. The standard InChI is InChI=1S/C41H56F3N7O8S/c1-23(2)18-29-39(57)51(8)31(20-26-22-60-33-14-10-9-12-27(26)33)36(54)47-28(15-16-41(42,43)44)38(56)49(6)25(5)40(58)59-32(13-11-17-45)37(55)46-21-34(52)50(7)30(19-24(3)4)35(53)48-29/h9-10,12,14,22-25,28-32H,11,13,15-16,18-21H2,1-8H3,(H,46,55)(H,47,54)(H,48,53)/t25-,28-,29-,30-,31-,32+/m0/s1. The van der Waals surface area contributed by atoms with Crippen molar-refractivity contribution in [1.29, 1.82) is 5.26 Å². The van der Waals surface area contributed by atoms with Gasteiger partial charge >= 0.3 is 12.1 Å². The molecule has 15 nitrogen and oxygen atoms in total. The lowest BCUT2D eigenvalue weighted by molar-refractivity contribution is -0.163. The Bertz CT molecular complexity index is 1920. The summed E-state index contributed by atoms with van der Waals surface area (Å²) < 4.78 is 47.3. The maximum absolute atomic E-state index is 14.6. The topological polar surface area (TPSA) is 198 Å². The first-order valence-electron chi connectivity index (χ1n) is 19.8. The van der Waals surface area contributed by atoms with Crippen molar-refractivity contribution in [2.75, 3.05) is 27.7 Å². The summed E-state index contributed by atoms with van der Waals surface area (Å²) in [4.78, 5) is 100. The molecule has 1 saturated heterocycles. The number of carbonyl (C=O) groups is 7. The molecule has 0 aliphatic carbocycles. The van der Waals surface area contributed by atoms with Crippen molar-refractivity contribution in [3.05, 3.63) is 35.2 Å². The monoisotopic (exact) mass is 863 g/mol. The van der Waals surface area contributed by atoms with Crippen LogP contribution in [0.15, 0.2) is 29.6 Å². The van der Waals surface area contributed by atoms with Gasteiger partial charge in [0.15, 0.2) is 6.10 Å². The molecule has 3 N–H and O–H groups in total. The van der Waals surface area contributed by atoms with Crippen molar-refractivity contribution >= 4 is 62.8 Å². The van der Waals surface area contributed by atoms with E-state index >= 15 is 0 Å². The van der Waals surface area contributed by atoms with E-state index in [1.54, 1.807) is 11.4 Å². The van der Waals surface area contributed by atoms with Crippen molar-refractivity contribution < 1.29 is 51.5 Å². The van der Waals surface area contributed by atoms with E-state index in [9.17, 15) is 52.0 Å². The van der Waals surface area contributed by atoms with Crippen LogP contribution in [-0.2, 0) is 44.7 Å². The van der Waals surface area contributed by atoms with Crippen LogP contribution in [-0.4, -0.2) is 126 Å². The average molecular weight is 864 g/mol. The third-order valence-corrected chi connectivity index (χ3v) is 11.4. The number of ether oxygens (including phenoxy) is 1. The van der Waals surface area contributed by atoms with Gasteiger partial charge in [-0.1, -0.05) is 45.9 Å². The van der Waals surface area contributed by atoms with Gasteiger partial charge in [0, 0.05) is 51.5 Å². The number of likely N-dealkylation sites (N-methyl/N-ethyl adjacent to an activating group) is 3. The van der Waals surface area contributed by atoms with Gasteiger partial charge in [0.2, 0.25) is 29.5 Å². The highest BCUT2D eigenvalue weighted by Gasteiger charge is 2.40. The van der Waals surface area contributed by atoms with E-state index in [2.05, 4.69) is 16.0 Å². The van der Waals surface area contributed by atoms with Crippen LogP contribution in [0.5, 0.6) is 0 Å². The van der Waals surface area contributed by atoms with Gasteiger partial charge < -0.3 is 35.4 Å². The van der Waals surface area contributed by atoms with E-state index in [1.165, 1.54) is 32.4 Å². The van der Waals surface area contributed by atoms with Crippen molar-refractivity contribution in [1.82, 2.24) is 30.7 Å². The fourth-order valence-corrected chi connectivity index (χ4v) is 7.71. The molecule has 1 fully saturated rings. The quantitative estimate of drug-likeness (QED) is 0.299. The number of benzene rings is 1. The molecular weight excluding hydrogens is 808 g/mol. The van der Waals surface area contributed by atoms with E-state index in [1.807, 2.05) is 52.0 Å². The van der Waals surface area contributed by atoms with E-state index in [0.29, 0.717) is 5.56 Å². The normalized spacial score (nSPS) is 23.9. The summed E-state index contributed by atoms with van der Waals surface area (Å²) in [5, 5.41) is 19.4. The Morgan fingerprint density at radius 3 is 2.05 bits per heavy atom. The molecule has 1 aliphatic rings. The van der Waals surface area contributed by atoms with Crippen LogP contribution in [0.2, 0.25) is 0 Å². The van der Waals surface area contributed by atoms with Gasteiger partial charge in [-0.3, -0.25) is 28.8 Å². The van der Waals surface area contributed by atoms with Crippen LogP contribution in [0.1, 0.15) is 78.7 Å². The number of fused-ring (bicyclic) bond motifs is 1. The van der Waals surface area contributed by atoms with Crippen molar-refractivity contribution in [2.24, 2.45) is 11.8 Å². The zero-order valence-corrected chi connectivity index (χ0v) is 36.1.